The van der Waals surface area contributed by atoms with Crippen molar-refractivity contribution in [3.8, 4) is 5.75 Å². The van der Waals surface area contributed by atoms with Gasteiger partial charge in [-0.05, 0) is 54.1 Å². The zero-order chi connectivity index (χ0) is 26.8. The van der Waals surface area contributed by atoms with Gasteiger partial charge in [-0.15, -0.1) is 0 Å². The van der Waals surface area contributed by atoms with Gasteiger partial charge in [0.15, 0.2) is 5.82 Å². The van der Waals surface area contributed by atoms with Crippen LogP contribution >= 0.6 is 0 Å². The summed E-state index contributed by atoms with van der Waals surface area (Å²) >= 11 is 0. The maximum atomic E-state index is 14.0. The Morgan fingerprint density at radius 3 is 2.61 bits per heavy atom. The summed E-state index contributed by atoms with van der Waals surface area (Å²) in [6.45, 7) is 2.71. The number of aromatic nitrogens is 2. The van der Waals surface area contributed by atoms with Gasteiger partial charge >= 0.3 is 5.97 Å². The van der Waals surface area contributed by atoms with Crippen LogP contribution in [-0.4, -0.2) is 47.2 Å². The van der Waals surface area contributed by atoms with Crippen molar-refractivity contribution >= 4 is 40.0 Å². The minimum absolute atomic E-state index is 0.0645. The molecule has 4 aromatic rings. The monoisotopic (exact) mass is 514 g/mol. The summed E-state index contributed by atoms with van der Waals surface area (Å²) in [5.41, 5.74) is 2.72. The summed E-state index contributed by atoms with van der Waals surface area (Å²) in [6, 6.07) is 16.2. The van der Waals surface area contributed by atoms with Gasteiger partial charge in [-0.1, -0.05) is 30.3 Å². The highest BCUT2D eigenvalue weighted by atomic mass is 19.1. The number of fused-ring (bicyclic) bond motifs is 3. The molecule has 0 unspecified atom stereocenters. The molecule has 0 aliphatic carbocycles. The fourth-order valence-electron chi connectivity index (χ4n) is 4.78. The SMILES string of the molecule is CCN1c2ncc(CCOc3ccc(CCC(=O)O)c4ccccc34)cc2C(=O)N(C)c2ccc(F)nc21. The van der Waals surface area contributed by atoms with Crippen molar-refractivity contribution < 1.29 is 23.8 Å². The molecule has 1 aliphatic heterocycles. The van der Waals surface area contributed by atoms with E-state index < -0.39 is 11.9 Å². The molecule has 1 amide bonds. The Kier molecular flexibility index (Phi) is 6.91. The van der Waals surface area contributed by atoms with Crippen LogP contribution in [0.1, 0.15) is 34.8 Å². The van der Waals surface area contributed by atoms with Crippen molar-refractivity contribution in [3.63, 3.8) is 0 Å². The van der Waals surface area contributed by atoms with Crippen LogP contribution in [0.4, 0.5) is 21.7 Å². The highest BCUT2D eigenvalue weighted by molar-refractivity contribution is 6.12. The van der Waals surface area contributed by atoms with Crippen LogP contribution < -0.4 is 14.5 Å². The van der Waals surface area contributed by atoms with E-state index in [1.54, 1.807) is 24.2 Å². The minimum atomic E-state index is -0.831. The Hall–Kier alpha value is -4.53. The normalized spacial score (nSPS) is 12.8. The Morgan fingerprint density at radius 1 is 1.05 bits per heavy atom. The summed E-state index contributed by atoms with van der Waals surface area (Å²) in [5, 5.41) is 10.9. The third kappa shape index (κ3) is 4.74. The molecule has 1 N–H and O–H groups in total. The van der Waals surface area contributed by atoms with Gasteiger partial charge in [0.2, 0.25) is 5.95 Å². The average molecular weight is 515 g/mol. The van der Waals surface area contributed by atoms with Crippen molar-refractivity contribution in [2.24, 2.45) is 0 Å². The highest BCUT2D eigenvalue weighted by Crippen LogP contribution is 2.38. The molecule has 1 aliphatic rings. The number of halogens is 1. The topological polar surface area (TPSA) is 95.9 Å². The Bertz CT molecular complexity index is 1540. The highest BCUT2D eigenvalue weighted by Gasteiger charge is 2.31. The lowest BCUT2D eigenvalue weighted by atomic mass is 10.00. The van der Waals surface area contributed by atoms with Crippen molar-refractivity contribution in [1.82, 2.24) is 9.97 Å². The van der Waals surface area contributed by atoms with Gasteiger partial charge in [0.05, 0.1) is 17.9 Å². The standard InChI is InChI=1S/C29H27FN4O4/c1-3-34-27-22(29(37)33(2)23-10-12-25(30)32-28(23)34)16-18(17-31-27)14-15-38-24-11-8-19(9-13-26(35)36)20-6-4-5-7-21(20)24/h4-8,10-12,16-17H,3,9,13-15H2,1-2H3,(H,35,36). The molecule has 38 heavy (non-hydrogen) atoms. The predicted octanol–water partition coefficient (Wildman–Crippen LogP) is 5.16. The third-order valence-electron chi connectivity index (χ3n) is 6.70. The lowest BCUT2D eigenvalue weighted by Crippen LogP contribution is -2.25. The van der Waals surface area contributed by atoms with Gasteiger partial charge in [0.1, 0.15) is 11.6 Å². The minimum Gasteiger partial charge on any atom is -0.493 e. The van der Waals surface area contributed by atoms with Gasteiger partial charge in [0, 0.05) is 38.0 Å². The lowest BCUT2D eigenvalue weighted by Gasteiger charge is -2.22. The number of amides is 1. The molecule has 2 aromatic carbocycles. The maximum absolute atomic E-state index is 14.0. The van der Waals surface area contributed by atoms with Crippen molar-refractivity contribution in [2.75, 3.05) is 30.0 Å². The van der Waals surface area contributed by atoms with E-state index in [2.05, 4.69) is 9.97 Å². The van der Waals surface area contributed by atoms with Gasteiger partial charge in [-0.2, -0.15) is 9.37 Å². The van der Waals surface area contributed by atoms with Gasteiger partial charge < -0.3 is 19.6 Å². The maximum Gasteiger partial charge on any atom is 0.303 e. The zero-order valence-electron chi connectivity index (χ0n) is 21.1. The fraction of sp³-hybridized carbons (Fsp3) is 0.241. The molecule has 0 atom stereocenters. The molecule has 3 heterocycles. The van der Waals surface area contributed by atoms with E-state index in [9.17, 15) is 14.0 Å². The van der Waals surface area contributed by atoms with Crippen LogP contribution in [-0.2, 0) is 17.6 Å². The van der Waals surface area contributed by atoms with Crippen LogP contribution in [0, 0.1) is 5.95 Å². The molecule has 0 saturated carbocycles. The number of carbonyl (C=O) groups excluding carboxylic acids is 1. The number of pyridine rings is 2. The Balaban J connectivity index is 1.37. The number of carboxylic acid groups (broad SMARTS) is 1. The smallest absolute Gasteiger partial charge is 0.303 e. The average Bonchev–Trinajstić information content (AvgIpc) is 3.00. The van der Waals surface area contributed by atoms with Gasteiger partial charge in [-0.25, -0.2) is 4.98 Å². The molecule has 0 fully saturated rings. The van der Waals surface area contributed by atoms with Crippen molar-refractivity contribution in [1.29, 1.82) is 0 Å². The molecule has 5 rings (SSSR count). The number of hydrogen-bond donors (Lipinski definition) is 1. The summed E-state index contributed by atoms with van der Waals surface area (Å²) < 4.78 is 20.1. The van der Waals surface area contributed by atoms with Crippen molar-refractivity contribution in [3.05, 3.63) is 83.4 Å². The second-order valence-electron chi connectivity index (χ2n) is 9.06. The largest absolute Gasteiger partial charge is 0.493 e. The first-order valence-corrected chi connectivity index (χ1v) is 12.4. The third-order valence-corrected chi connectivity index (χ3v) is 6.70. The summed E-state index contributed by atoms with van der Waals surface area (Å²) in [4.78, 5) is 36.2. The van der Waals surface area contributed by atoms with E-state index in [1.165, 1.54) is 11.0 Å². The number of nitrogens with zero attached hydrogens (tertiary/aromatic N) is 4. The van der Waals surface area contributed by atoms with Crippen LogP contribution in [0.15, 0.2) is 60.8 Å². The summed E-state index contributed by atoms with van der Waals surface area (Å²) in [5.74, 6) is -0.202. The molecule has 194 valence electrons. The number of ether oxygens (including phenoxy) is 1. The first-order chi connectivity index (χ1) is 18.4. The first kappa shape index (κ1) is 25.1. The molecular weight excluding hydrogens is 487 g/mol. The number of hydrogen-bond acceptors (Lipinski definition) is 6. The quantitative estimate of drug-likeness (QED) is 0.325. The van der Waals surface area contributed by atoms with E-state index in [-0.39, 0.29) is 12.3 Å². The van der Waals surface area contributed by atoms with Crippen LogP contribution in [0.3, 0.4) is 0 Å². The second kappa shape index (κ2) is 10.5. The number of carboxylic acids is 1. The molecule has 0 bridgehead atoms. The molecule has 2 aromatic heterocycles. The number of aliphatic carboxylic acids is 1. The fourth-order valence-corrected chi connectivity index (χ4v) is 4.78. The molecule has 9 heteroatoms. The van der Waals surface area contributed by atoms with Crippen LogP contribution in [0.2, 0.25) is 0 Å². The van der Waals surface area contributed by atoms with E-state index in [4.69, 9.17) is 9.84 Å². The van der Waals surface area contributed by atoms with Crippen LogP contribution in [0.5, 0.6) is 5.75 Å². The number of carbonyl (C=O) groups is 2. The number of rotatable bonds is 8. The van der Waals surface area contributed by atoms with Gasteiger partial charge in [-0.3, -0.25) is 9.59 Å². The number of anilines is 3. The van der Waals surface area contributed by atoms with E-state index in [1.807, 2.05) is 49.4 Å². The van der Waals surface area contributed by atoms with E-state index >= 15 is 0 Å². The molecule has 0 radical (unpaired) electrons. The first-order valence-electron chi connectivity index (χ1n) is 12.4. The molecule has 0 saturated heterocycles. The van der Waals surface area contributed by atoms with Crippen molar-refractivity contribution in [2.45, 2.75) is 26.2 Å². The Morgan fingerprint density at radius 2 is 1.84 bits per heavy atom. The summed E-state index contributed by atoms with van der Waals surface area (Å²) in [6.07, 6.45) is 2.73. The second-order valence-corrected chi connectivity index (χ2v) is 9.06. The van der Waals surface area contributed by atoms with Crippen LogP contribution in [0.25, 0.3) is 10.8 Å². The Labute approximate surface area is 219 Å². The molecule has 0 spiro atoms. The number of aryl methyl sites for hydroxylation is 1. The molecule has 8 nitrogen and oxygen atoms in total. The van der Waals surface area contributed by atoms with E-state index in [0.29, 0.717) is 54.6 Å². The van der Waals surface area contributed by atoms with E-state index in [0.717, 1.165) is 21.9 Å². The van der Waals surface area contributed by atoms with Gasteiger partial charge in [0.25, 0.3) is 5.91 Å². The summed E-state index contributed by atoms with van der Waals surface area (Å²) in [7, 11) is 1.64. The lowest BCUT2D eigenvalue weighted by molar-refractivity contribution is -0.136. The molecular formula is C29H27FN4O4. The number of benzene rings is 2. The predicted molar refractivity (Wildman–Crippen MR) is 143 cm³/mol. The zero-order valence-corrected chi connectivity index (χ0v) is 21.1.